The van der Waals surface area contributed by atoms with Crippen LogP contribution in [0.5, 0.6) is 0 Å². The number of benzene rings is 1. The first-order chi connectivity index (χ1) is 16.4. The molecule has 1 aliphatic carbocycles. The summed E-state index contributed by atoms with van der Waals surface area (Å²) in [5, 5.41) is 24.1. The third kappa shape index (κ3) is 4.41. The van der Waals surface area contributed by atoms with E-state index < -0.39 is 23.8 Å². The molecule has 178 valence electrons. The maximum Gasteiger partial charge on any atom is 0.308 e. The summed E-state index contributed by atoms with van der Waals surface area (Å²) >= 11 is 0. The number of hydrogen-bond acceptors (Lipinski definition) is 7. The number of pyridine rings is 1. The van der Waals surface area contributed by atoms with Crippen molar-refractivity contribution < 1.29 is 24.1 Å². The first-order valence-corrected chi connectivity index (χ1v) is 11.5. The molecule has 8 nitrogen and oxygen atoms in total. The van der Waals surface area contributed by atoms with Crippen LogP contribution in [0, 0.1) is 5.82 Å². The minimum absolute atomic E-state index is 0.00734. The largest absolute Gasteiger partial charge is 0.462 e. The SMILES string of the molecule is CNc1cc(-c2nc(C3(O)CC3)n(CCC3CC(O)CC(=O)O3)c2-c2ccc(F)cc2)ccn1. The zero-order valence-corrected chi connectivity index (χ0v) is 18.9. The monoisotopic (exact) mass is 466 g/mol. The fourth-order valence-electron chi connectivity index (χ4n) is 4.50. The van der Waals surface area contributed by atoms with Crippen molar-refractivity contribution in [3.8, 4) is 22.5 Å². The van der Waals surface area contributed by atoms with Gasteiger partial charge in [-0.2, -0.15) is 0 Å². The summed E-state index contributed by atoms with van der Waals surface area (Å²) in [7, 11) is 1.78. The standard InChI is InChI=1S/C25H27FN4O4/c1-27-20-12-16(6-10-28-20)22-23(15-2-4-17(26)5-3-15)30(24(29-22)25(33)8-9-25)11-7-19-13-18(31)14-21(32)34-19/h2-6,10,12,18-19,31,33H,7-9,11,13-14H2,1H3,(H,27,28). The topological polar surface area (TPSA) is 110 Å². The molecule has 0 spiro atoms. The Hall–Kier alpha value is -3.30. The van der Waals surface area contributed by atoms with E-state index in [-0.39, 0.29) is 12.2 Å². The van der Waals surface area contributed by atoms with E-state index in [1.54, 1.807) is 25.4 Å². The molecule has 0 radical (unpaired) electrons. The first kappa shape index (κ1) is 22.5. The van der Waals surface area contributed by atoms with Gasteiger partial charge in [0.15, 0.2) is 0 Å². The summed E-state index contributed by atoms with van der Waals surface area (Å²) < 4.78 is 21.1. The van der Waals surface area contributed by atoms with Gasteiger partial charge in [0.2, 0.25) is 0 Å². The number of hydrogen-bond donors (Lipinski definition) is 3. The van der Waals surface area contributed by atoms with Crippen molar-refractivity contribution in [2.75, 3.05) is 12.4 Å². The Morgan fingerprint density at radius 1 is 1.24 bits per heavy atom. The zero-order valence-electron chi connectivity index (χ0n) is 18.9. The number of carbonyl (C=O) groups excluding carboxylic acids is 1. The molecule has 1 aliphatic heterocycles. The fourth-order valence-corrected chi connectivity index (χ4v) is 4.50. The van der Waals surface area contributed by atoms with Crippen LogP contribution in [0.15, 0.2) is 42.6 Å². The average molecular weight is 467 g/mol. The van der Waals surface area contributed by atoms with E-state index in [1.807, 2.05) is 16.7 Å². The Labute approximate surface area is 196 Å². The Bertz CT molecular complexity index is 1210. The first-order valence-electron chi connectivity index (χ1n) is 11.5. The van der Waals surface area contributed by atoms with Gasteiger partial charge in [-0.05, 0) is 49.2 Å². The summed E-state index contributed by atoms with van der Waals surface area (Å²) in [5.41, 5.74) is 1.92. The number of aliphatic hydroxyl groups excluding tert-OH is 1. The normalized spacial score (nSPS) is 21.2. The number of aromatic nitrogens is 3. The molecular weight excluding hydrogens is 439 g/mol. The lowest BCUT2D eigenvalue weighted by molar-refractivity contribution is -0.160. The number of imidazole rings is 1. The number of rotatable bonds is 7. The van der Waals surface area contributed by atoms with Gasteiger partial charge in [-0.1, -0.05) is 0 Å². The van der Waals surface area contributed by atoms with E-state index in [2.05, 4.69) is 10.3 Å². The van der Waals surface area contributed by atoms with E-state index >= 15 is 0 Å². The van der Waals surface area contributed by atoms with Gasteiger partial charge in [-0.3, -0.25) is 4.79 Å². The van der Waals surface area contributed by atoms with Gasteiger partial charge in [-0.15, -0.1) is 0 Å². The molecule has 0 bridgehead atoms. The summed E-state index contributed by atoms with van der Waals surface area (Å²) in [6.07, 6.45) is 2.56. The van der Waals surface area contributed by atoms with Crippen molar-refractivity contribution in [2.45, 2.75) is 56.5 Å². The molecule has 5 rings (SSSR count). The molecule has 9 heteroatoms. The second-order valence-electron chi connectivity index (χ2n) is 9.00. The quantitative estimate of drug-likeness (QED) is 0.459. The van der Waals surface area contributed by atoms with Crippen LogP contribution in [0.1, 0.15) is 37.9 Å². The highest BCUT2D eigenvalue weighted by atomic mass is 19.1. The summed E-state index contributed by atoms with van der Waals surface area (Å²) in [4.78, 5) is 21.0. The molecular formula is C25H27FN4O4. The smallest absolute Gasteiger partial charge is 0.308 e. The number of nitrogens with one attached hydrogen (secondary N) is 1. The molecule has 2 aromatic heterocycles. The Morgan fingerprint density at radius 3 is 2.68 bits per heavy atom. The molecule has 1 saturated carbocycles. The van der Waals surface area contributed by atoms with Crippen molar-refractivity contribution in [2.24, 2.45) is 0 Å². The molecule has 34 heavy (non-hydrogen) atoms. The predicted molar refractivity (Wildman–Crippen MR) is 123 cm³/mol. The Morgan fingerprint density at radius 2 is 2.00 bits per heavy atom. The van der Waals surface area contributed by atoms with Crippen molar-refractivity contribution >= 4 is 11.8 Å². The average Bonchev–Trinajstić information content (AvgIpc) is 3.44. The van der Waals surface area contributed by atoms with Crippen molar-refractivity contribution in [3.05, 3.63) is 54.2 Å². The minimum atomic E-state index is -1.03. The van der Waals surface area contributed by atoms with E-state index in [0.717, 1.165) is 16.8 Å². The van der Waals surface area contributed by atoms with Gasteiger partial charge < -0.3 is 24.8 Å². The van der Waals surface area contributed by atoms with Crippen LogP contribution in [0.3, 0.4) is 0 Å². The van der Waals surface area contributed by atoms with Crippen molar-refractivity contribution in [1.29, 1.82) is 0 Å². The van der Waals surface area contributed by atoms with E-state index in [4.69, 9.17) is 9.72 Å². The molecule has 2 aliphatic rings. The van der Waals surface area contributed by atoms with Crippen LogP contribution in [-0.2, 0) is 21.7 Å². The highest BCUT2D eigenvalue weighted by Gasteiger charge is 2.47. The Balaban J connectivity index is 1.61. The number of anilines is 1. The summed E-state index contributed by atoms with van der Waals surface area (Å²) in [6.45, 7) is 0.409. The lowest BCUT2D eigenvalue weighted by Gasteiger charge is -2.26. The number of aliphatic hydroxyl groups is 2. The third-order valence-electron chi connectivity index (χ3n) is 6.42. The van der Waals surface area contributed by atoms with E-state index in [9.17, 15) is 19.4 Å². The van der Waals surface area contributed by atoms with E-state index in [0.29, 0.717) is 49.6 Å². The number of carbonyl (C=O) groups is 1. The number of halogens is 1. The molecule has 3 aromatic rings. The van der Waals surface area contributed by atoms with Crippen LogP contribution in [0.25, 0.3) is 22.5 Å². The Kier molecular flexibility index (Phi) is 5.83. The number of cyclic esters (lactones) is 1. The van der Waals surface area contributed by atoms with Crippen LogP contribution in [0.2, 0.25) is 0 Å². The molecule has 3 N–H and O–H groups in total. The summed E-state index contributed by atoms with van der Waals surface area (Å²) in [6, 6.07) is 9.90. The second-order valence-corrected chi connectivity index (χ2v) is 9.00. The molecule has 2 atom stereocenters. The number of ether oxygens (including phenoxy) is 1. The maximum atomic E-state index is 13.7. The fraction of sp³-hybridized carbons (Fsp3) is 0.400. The highest BCUT2D eigenvalue weighted by molar-refractivity contribution is 5.80. The second kappa shape index (κ2) is 8.81. The van der Waals surface area contributed by atoms with Crippen molar-refractivity contribution in [1.82, 2.24) is 14.5 Å². The highest BCUT2D eigenvalue weighted by Crippen LogP contribution is 2.48. The van der Waals surface area contributed by atoms with Crippen LogP contribution in [-0.4, -0.2) is 50.0 Å². The zero-order chi connectivity index (χ0) is 23.9. The predicted octanol–water partition coefficient (Wildman–Crippen LogP) is 3.23. The van der Waals surface area contributed by atoms with Crippen molar-refractivity contribution in [3.63, 3.8) is 0 Å². The minimum Gasteiger partial charge on any atom is -0.462 e. The van der Waals surface area contributed by atoms with Gasteiger partial charge in [0, 0.05) is 43.8 Å². The number of nitrogens with zero attached hydrogens (tertiary/aromatic N) is 3. The van der Waals surface area contributed by atoms with E-state index in [1.165, 1.54) is 12.1 Å². The van der Waals surface area contributed by atoms with Gasteiger partial charge in [0.1, 0.15) is 29.2 Å². The van der Waals surface area contributed by atoms with Crippen LogP contribution < -0.4 is 5.32 Å². The van der Waals surface area contributed by atoms with Crippen LogP contribution in [0.4, 0.5) is 10.2 Å². The van der Waals surface area contributed by atoms with Gasteiger partial charge in [-0.25, -0.2) is 14.4 Å². The molecule has 1 saturated heterocycles. The molecule has 2 fully saturated rings. The molecule has 3 heterocycles. The van der Waals surface area contributed by atoms with Crippen LogP contribution >= 0.6 is 0 Å². The molecule has 2 unspecified atom stereocenters. The lowest BCUT2D eigenvalue weighted by atomic mass is 10.0. The molecule has 1 aromatic carbocycles. The van der Waals surface area contributed by atoms with Gasteiger partial charge >= 0.3 is 5.97 Å². The summed E-state index contributed by atoms with van der Waals surface area (Å²) in [5.74, 6) is 0.451. The molecule has 0 amide bonds. The maximum absolute atomic E-state index is 13.7. The van der Waals surface area contributed by atoms with Gasteiger partial charge in [0.05, 0.1) is 23.9 Å². The number of esters is 1. The third-order valence-corrected chi connectivity index (χ3v) is 6.42. The lowest BCUT2D eigenvalue weighted by Crippen LogP contribution is -2.33. The van der Waals surface area contributed by atoms with Gasteiger partial charge in [0.25, 0.3) is 0 Å².